The summed E-state index contributed by atoms with van der Waals surface area (Å²) in [4.78, 5) is 4.13. The maximum atomic E-state index is 9.43. The molecule has 0 amide bonds. The molecule has 1 atom stereocenters. The SMILES string of the molecule is C[C@H](O)c1cccc(OCc2nccs2)c1. The van der Waals surface area contributed by atoms with E-state index in [0.717, 1.165) is 16.3 Å². The Morgan fingerprint density at radius 2 is 2.38 bits per heavy atom. The molecule has 3 nitrogen and oxygen atoms in total. The van der Waals surface area contributed by atoms with Gasteiger partial charge in [-0.15, -0.1) is 11.3 Å². The number of aliphatic hydroxyl groups is 1. The fourth-order valence-corrected chi connectivity index (χ4v) is 1.86. The van der Waals surface area contributed by atoms with Crippen molar-refractivity contribution in [2.75, 3.05) is 0 Å². The molecule has 0 radical (unpaired) electrons. The summed E-state index contributed by atoms with van der Waals surface area (Å²) in [6.45, 7) is 2.21. The highest BCUT2D eigenvalue weighted by Gasteiger charge is 2.03. The highest BCUT2D eigenvalue weighted by Crippen LogP contribution is 2.20. The number of aliphatic hydroxyl groups excluding tert-OH is 1. The van der Waals surface area contributed by atoms with Crippen LogP contribution in [0.1, 0.15) is 23.6 Å². The van der Waals surface area contributed by atoms with E-state index in [-0.39, 0.29) is 0 Å². The number of aromatic nitrogens is 1. The van der Waals surface area contributed by atoms with E-state index >= 15 is 0 Å². The lowest BCUT2D eigenvalue weighted by molar-refractivity contribution is 0.198. The summed E-state index contributed by atoms with van der Waals surface area (Å²) < 4.78 is 5.58. The van der Waals surface area contributed by atoms with Gasteiger partial charge in [0.05, 0.1) is 6.10 Å². The summed E-state index contributed by atoms with van der Waals surface area (Å²) in [6.07, 6.45) is 1.29. The zero-order valence-corrected chi connectivity index (χ0v) is 9.78. The number of hydrogen-bond acceptors (Lipinski definition) is 4. The first-order valence-corrected chi connectivity index (χ1v) is 5.93. The molecule has 0 aliphatic rings. The topological polar surface area (TPSA) is 42.4 Å². The summed E-state index contributed by atoms with van der Waals surface area (Å²) >= 11 is 1.57. The number of ether oxygens (including phenoxy) is 1. The highest BCUT2D eigenvalue weighted by atomic mass is 32.1. The molecule has 16 heavy (non-hydrogen) atoms. The molecule has 0 aliphatic carbocycles. The molecule has 0 fully saturated rings. The molecular formula is C12H13NO2S. The predicted octanol–water partition coefficient (Wildman–Crippen LogP) is 2.78. The zero-order valence-electron chi connectivity index (χ0n) is 8.96. The van der Waals surface area contributed by atoms with Crippen LogP contribution in [-0.4, -0.2) is 10.1 Å². The van der Waals surface area contributed by atoms with Gasteiger partial charge < -0.3 is 9.84 Å². The molecule has 4 heteroatoms. The Morgan fingerprint density at radius 1 is 1.50 bits per heavy atom. The van der Waals surface area contributed by atoms with Crippen molar-refractivity contribution in [3.05, 3.63) is 46.4 Å². The minimum atomic E-state index is -0.469. The molecule has 84 valence electrons. The van der Waals surface area contributed by atoms with E-state index in [1.807, 2.05) is 29.6 Å². The van der Waals surface area contributed by atoms with Gasteiger partial charge in [0.25, 0.3) is 0 Å². The summed E-state index contributed by atoms with van der Waals surface area (Å²) in [5, 5.41) is 12.3. The number of rotatable bonds is 4. The van der Waals surface area contributed by atoms with Crippen molar-refractivity contribution in [2.24, 2.45) is 0 Å². The van der Waals surface area contributed by atoms with Crippen LogP contribution in [0.15, 0.2) is 35.8 Å². The number of nitrogens with zero attached hydrogens (tertiary/aromatic N) is 1. The first-order valence-electron chi connectivity index (χ1n) is 5.05. The molecule has 1 heterocycles. The van der Waals surface area contributed by atoms with Crippen molar-refractivity contribution >= 4 is 11.3 Å². The zero-order chi connectivity index (χ0) is 11.4. The normalized spacial score (nSPS) is 12.4. The second-order valence-electron chi connectivity index (χ2n) is 3.46. The van der Waals surface area contributed by atoms with E-state index in [9.17, 15) is 5.11 Å². The standard InChI is InChI=1S/C12H13NO2S/c1-9(14)10-3-2-4-11(7-10)15-8-12-13-5-6-16-12/h2-7,9,14H,8H2,1H3/t9-/m0/s1. The van der Waals surface area contributed by atoms with Crippen molar-refractivity contribution in [3.63, 3.8) is 0 Å². The van der Waals surface area contributed by atoms with E-state index in [1.54, 1.807) is 24.5 Å². The van der Waals surface area contributed by atoms with Crippen molar-refractivity contribution in [2.45, 2.75) is 19.6 Å². The van der Waals surface area contributed by atoms with Crippen LogP contribution in [0, 0.1) is 0 Å². The van der Waals surface area contributed by atoms with Crippen LogP contribution in [0.25, 0.3) is 0 Å². The van der Waals surface area contributed by atoms with E-state index < -0.39 is 6.10 Å². The molecule has 0 saturated carbocycles. The van der Waals surface area contributed by atoms with Crippen LogP contribution in [0.3, 0.4) is 0 Å². The van der Waals surface area contributed by atoms with Gasteiger partial charge in [-0.05, 0) is 24.6 Å². The quantitative estimate of drug-likeness (QED) is 0.886. The maximum Gasteiger partial charge on any atom is 0.140 e. The average molecular weight is 235 g/mol. The first kappa shape index (κ1) is 11.1. The van der Waals surface area contributed by atoms with Crippen molar-refractivity contribution in [3.8, 4) is 5.75 Å². The summed E-state index contributed by atoms with van der Waals surface area (Å²) in [5.74, 6) is 0.758. The Bertz CT molecular complexity index is 440. The van der Waals surface area contributed by atoms with Gasteiger partial charge in [-0.25, -0.2) is 4.98 Å². The monoisotopic (exact) mass is 235 g/mol. The molecule has 1 aromatic heterocycles. The van der Waals surface area contributed by atoms with Crippen LogP contribution >= 0.6 is 11.3 Å². The second kappa shape index (κ2) is 5.09. The molecule has 1 N–H and O–H groups in total. The lowest BCUT2D eigenvalue weighted by Crippen LogP contribution is -1.96. The maximum absolute atomic E-state index is 9.43. The summed E-state index contributed by atoms with van der Waals surface area (Å²) in [7, 11) is 0. The van der Waals surface area contributed by atoms with E-state index in [2.05, 4.69) is 4.98 Å². The van der Waals surface area contributed by atoms with E-state index in [0.29, 0.717) is 6.61 Å². The minimum absolute atomic E-state index is 0.469. The van der Waals surface area contributed by atoms with Crippen molar-refractivity contribution in [1.29, 1.82) is 0 Å². The lowest BCUT2D eigenvalue weighted by Gasteiger charge is -2.08. The second-order valence-corrected chi connectivity index (χ2v) is 4.44. The molecule has 0 aliphatic heterocycles. The van der Waals surface area contributed by atoms with Gasteiger partial charge >= 0.3 is 0 Å². The van der Waals surface area contributed by atoms with Crippen molar-refractivity contribution < 1.29 is 9.84 Å². The van der Waals surface area contributed by atoms with Crippen molar-refractivity contribution in [1.82, 2.24) is 4.98 Å². The van der Waals surface area contributed by atoms with Gasteiger partial charge in [-0.3, -0.25) is 0 Å². The Hall–Kier alpha value is -1.39. The molecular weight excluding hydrogens is 222 g/mol. The Balaban J connectivity index is 2.01. The molecule has 0 unspecified atom stereocenters. The smallest absolute Gasteiger partial charge is 0.140 e. The number of benzene rings is 1. The van der Waals surface area contributed by atoms with Gasteiger partial charge in [-0.1, -0.05) is 12.1 Å². The molecule has 1 aromatic carbocycles. The third kappa shape index (κ3) is 2.81. The minimum Gasteiger partial charge on any atom is -0.486 e. The fraction of sp³-hybridized carbons (Fsp3) is 0.250. The fourth-order valence-electron chi connectivity index (χ4n) is 1.33. The molecule has 0 saturated heterocycles. The third-order valence-electron chi connectivity index (χ3n) is 2.19. The van der Waals surface area contributed by atoms with Crippen LogP contribution < -0.4 is 4.74 Å². The molecule has 2 aromatic rings. The van der Waals surface area contributed by atoms with Crippen LogP contribution in [0.4, 0.5) is 0 Å². The number of hydrogen-bond donors (Lipinski definition) is 1. The van der Waals surface area contributed by atoms with Gasteiger partial charge in [0.15, 0.2) is 0 Å². The van der Waals surface area contributed by atoms with E-state index in [4.69, 9.17) is 4.74 Å². The van der Waals surface area contributed by atoms with Crippen LogP contribution in [0.5, 0.6) is 5.75 Å². The predicted molar refractivity (Wildman–Crippen MR) is 63.5 cm³/mol. The molecule has 0 spiro atoms. The Morgan fingerprint density at radius 3 is 3.06 bits per heavy atom. The van der Waals surface area contributed by atoms with Crippen LogP contribution in [0.2, 0.25) is 0 Å². The van der Waals surface area contributed by atoms with Crippen LogP contribution in [-0.2, 0) is 6.61 Å². The summed E-state index contributed by atoms with van der Waals surface area (Å²) in [6, 6.07) is 7.47. The number of thiazole rings is 1. The van der Waals surface area contributed by atoms with Gasteiger partial charge in [-0.2, -0.15) is 0 Å². The molecule has 0 bridgehead atoms. The van der Waals surface area contributed by atoms with Gasteiger partial charge in [0, 0.05) is 11.6 Å². The van der Waals surface area contributed by atoms with Gasteiger partial charge in [0.2, 0.25) is 0 Å². The lowest BCUT2D eigenvalue weighted by atomic mass is 10.1. The average Bonchev–Trinajstić information content (AvgIpc) is 2.79. The Kier molecular flexibility index (Phi) is 3.54. The highest BCUT2D eigenvalue weighted by molar-refractivity contribution is 7.09. The largest absolute Gasteiger partial charge is 0.486 e. The summed E-state index contributed by atoms with van der Waals surface area (Å²) in [5.41, 5.74) is 0.858. The third-order valence-corrected chi connectivity index (χ3v) is 2.94. The van der Waals surface area contributed by atoms with Gasteiger partial charge in [0.1, 0.15) is 17.4 Å². The molecule has 2 rings (SSSR count). The first-order chi connectivity index (χ1) is 7.75. The van der Waals surface area contributed by atoms with E-state index in [1.165, 1.54) is 0 Å². The Labute approximate surface area is 98.4 Å².